The lowest BCUT2D eigenvalue weighted by molar-refractivity contribution is 0.0273. The first-order chi connectivity index (χ1) is 6.95. The highest BCUT2D eigenvalue weighted by molar-refractivity contribution is 5.85. The Morgan fingerprint density at radius 1 is 1.07 bits per heavy atom. The Morgan fingerprint density at radius 3 is 2.67 bits per heavy atom. The lowest BCUT2D eigenvalue weighted by atomic mass is 9.87. The van der Waals surface area contributed by atoms with Crippen LogP contribution in [-0.2, 0) is 0 Å². The molecular weight excluding hydrogens is 210 g/mol. The van der Waals surface area contributed by atoms with Crippen molar-refractivity contribution < 1.29 is 0 Å². The highest BCUT2D eigenvalue weighted by Crippen LogP contribution is 2.27. The number of hydrogen-bond donors (Lipinski definition) is 2. The molecule has 3 aliphatic heterocycles. The van der Waals surface area contributed by atoms with Crippen LogP contribution in [0.1, 0.15) is 25.7 Å². The number of hydrogen-bond acceptors (Lipinski definition) is 3. The lowest BCUT2D eigenvalue weighted by Gasteiger charge is -2.50. The van der Waals surface area contributed by atoms with E-state index in [0.717, 1.165) is 18.1 Å². The van der Waals surface area contributed by atoms with Gasteiger partial charge in [0.25, 0.3) is 0 Å². The molecule has 2 N–H and O–H groups in total. The summed E-state index contributed by atoms with van der Waals surface area (Å²) in [5, 5.41) is 7.08. The van der Waals surface area contributed by atoms with E-state index in [4.69, 9.17) is 0 Å². The van der Waals surface area contributed by atoms with E-state index in [1.54, 1.807) is 0 Å². The Kier molecular flexibility index (Phi) is 3.88. The second kappa shape index (κ2) is 5.00. The van der Waals surface area contributed by atoms with Gasteiger partial charge in [-0.1, -0.05) is 0 Å². The van der Waals surface area contributed by atoms with Gasteiger partial charge in [-0.25, -0.2) is 0 Å². The first kappa shape index (κ1) is 11.6. The maximum atomic E-state index is 3.69. The minimum Gasteiger partial charge on any atom is -0.314 e. The third kappa shape index (κ3) is 2.16. The van der Waals surface area contributed by atoms with Gasteiger partial charge < -0.3 is 10.6 Å². The van der Waals surface area contributed by atoms with E-state index >= 15 is 0 Å². The zero-order chi connectivity index (χ0) is 9.38. The number of fused-ring (bicyclic) bond motifs is 1. The second-order valence-corrected chi connectivity index (χ2v) is 4.96. The number of piperidine rings is 2. The summed E-state index contributed by atoms with van der Waals surface area (Å²) in [5.74, 6) is 0. The maximum Gasteiger partial charge on any atom is 0.0348 e. The normalized spacial score (nSPS) is 37.6. The molecule has 2 atom stereocenters. The van der Waals surface area contributed by atoms with Crippen molar-refractivity contribution in [2.75, 3.05) is 26.2 Å². The van der Waals surface area contributed by atoms with Crippen LogP contribution in [0.25, 0.3) is 0 Å². The molecule has 0 aromatic carbocycles. The maximum absolute atomic E-state index is 3.69. The number of likely N-dealkylation sites (tertiary alicyclic amines) is 1. The largest absolute Gasteiger partial charge is 0.314 e. The summed E-state index contributed by atoms with van der Waals surface area (Å²) in [6.07, 6.45) is 5.60. The number of halogens is 1. The minimum absolute atomic E-state index is 0. The quantitative estimate of drug-likeness (QED) is 0.692. The Hall–Kier alpha value is 0.170. The molecule has 0 aromatic heterocycles. The van der Waals surface area contributed by atoms with Crippen molar-refractivity contribution in [1.82, 2.24) is 15.5 Å². The molecule has 3 nitrogen and oxygen atoms in total. The van der Waals surface area contributed by atoms with E-state index in [0.29, 0.717) is 0 Å². The standard InChI is InChI=1S/C11H21N3.ClH/c1-4-11-10(13-5-1)3-2-6-14(11)9-7-12-8-9;/h9-13H,1-8H2;1H. The SMILES string of the molecule is C1CNC2CCCN(C3CNC3)C2C1.Cl. The molecule has 0 amide bonds. The Balaban J connectivity index is 0.000000853. The van der Waals surface area contributed by atoms with Gasteiger partial charge in [-0.15, -0.1) is 12.4 Å². The fourth-order valence-corrected chi connectivity index (χ4v) is 3.25. The van der Waals surface area contributed by atoms with Crippen LogP contribution >= 0.6 is 12.4 Å². The van der Waals surface area contributed by atoms with Crippen LogP contribution in [-0.4, -0.2) is 49.2 Å². The molecule has 0 aliphatic carbocycles. The molecule has 3 aliphatic rings. The van der Waals surface area contributed by atoms with E-state index < -0.39 is 0 Å². The van der Waals surface area contributed by atoms with E-state index in [9.17, 15) is 0 Å². The van der Waals surface area contributed by atoms with Gasteiger partial charge >= 0.3 is 0 Å². The van der Waals surface area contributed by atoms with Crippen molar-refractivity contribution in [3.05, 3.63) is 0 Å². The van der Waals surface area contributed by atoms with Crippen molar-refractivity contribution in [3.63, 3.8) is 0 Å². The highest BCUT2D eigenvalue weighted by Gasteiger charge is 2.38. The van der Waals surface area contributed by atoms with Crippen molar-refractivity contribution >= 4 is 12.4 Å². The van der Waals surface area contributed by atoms with Crippen LogP contribution in [0.15, 0.2) is 0 Å². The minimum atomic E-state index is 0. The van der Waals surface area contributed by atoms with Crippen molar-refractivity contribution in [3.8, 4) is 0 Å². The third-order valence-corrected chi connectivity index (χ3v) is 4.13. The van der Waals surface area contributed by atoms with Gasteiger partial charge in [-0.3, -0.25) is 4.90 Å². The van der Waals surface area contributed by atoms with Gasteiger partial charge in [0.05, 0.1) is 0 Å². The lowest BCUT2D eigenvalue weighted by Crippen LogP contribution is -2.66. The van der Waals surface area contributed by atoms with Gasteiger partial charge in [0, 0.05) is 31.2 Å². The van der Waals surface area contributed by atoms with E-state index in [-0.39, 0.29) is 12.4 Å². The third-order valence-electron chi connectivity index (χ3n) is 4.13. The van der Waals surface area contributed by atoms with Crippen LogP contribution in [0.3, 0.4) is 0 Å². The van der Waals surface area contributed by atoms with Gasteiger partial charge in [0.2, 0.25) is 0 Å². The molecule has 0 saturated carbocycles. The van der Waals surface area contributed by atoms with E-state index in [1.807, 2.05) is 0 Å². The average Bonchev–Trinajstić information content (AvgIpc) is 2.16. The topological polar surface area (TPSA) is 27.3 Å². The zero-order valence-corrected chi connectivity index (χ0v) is 10.1. The number of nitrogens with zero attached hydrogens (tertiary/aromatic N) is 1. The van der Waals surface area contributed by atoms with Crippen LogP contribution in [0, 0.1) is 0 Å². The number of rotatable bonds is 1. The molecule has 4 heteroatoms. The molecule has 0 radical (unpaired) electrons. The monoisotopic (exact) mass is 231 g/mol. The molecule has 0 spiro atoms. The van der Waals surface area contributed by atoms with Crippen molar-refractivity contribution in [1.29, 1.82) is 0 Å². The fraction of sp³-hybridized carbons (Fsp3) is 1.00. The summed E-state index contributed by atoms with van der Waals surface area (Å²) in [6, 6.07) is 2.50. The predicted molar refractivity (Wildman–Crippen MR) is 64.7 cm³/mol. The van der Waals surface area contributed by atoms with Gasteiger partial charge in [-0.05, 0) is 38.8 Å². The summed E-state index contributed by atoms with van der Waals surface area (Å²) in [5.41, 5.74) is 0. The van der Waals surface area contributed by atoms with Crippen LogP contribution in [0.2, 0.25) is 0 Å². The Morgan fingerprint density at radius 2 is 1.93 bits per heavy atom. The first-order valence-corrected chi connectivity index (χ1v) is 6.15. The second-order valence-electron chi connectivity index (χ2n) is 4.96. The van der Waals surface area contributed by atoms with Gasteiger partial charge in [0.1, 0.15) is 0 Å². The smallest absolute Gasteiger partial charge is 0.0348 e. The molecule has 2 unspecified atom stereocenters. The Bertz CT molecular complexity index is 204. The summed E-state index contributed by atoms with van der Waals surface area (Å²) < 4.78 is 0. The average molecular weight is 232 g/mol. The van der Waals surface area contributed by atoms with Crippen molar-refractivity contribution in [2.45, 2.75) is 43.8 Å². The van der Waals surface area contributed by atoms with E-state index in [1.165, 1.54) is 51.9 Å². The molecule has 3 rings (SSSR count). The molecule has 0 bridgehead atoms. The van der Waals surface area contributed by atoms with Gasteiger partial charge in [0.15, 0.2) is 0 Å². The molecule has 3 fully saturated rings. The van der Waals surface area contributed by atoms with E-state index in [2.05, 4.69) is 15.5 Å². The predicted octanol–water partition coefficient (Wildman–Crippen LogP) is 0.596. The summed E-state index contributed by atoms with van der Waals surface area (Å²) >= 11 is 0. The molecular formula is C11H22ClN3. The summed E-state index contributed by atoms with van der Waals surface area (Å²) in [7, 11) is 0. The fourth-order valence-electron chi connectivity index (χ4n) is 3.25. The molecule has 3 heterocycles. The highest BCUT2D eigenvalue weighted by atomic mass is 35.5. The Labute approximate surface area is 98.4 Å². The zero-order valence-electron chi connectivity index (χ0n) is 9.24. The summed E-state index contributed by atoms with van der Waals surface area (Å²) in [6.45, 7) is 5.04. The van der Waals surface area contributed by atoms with Crippen molar-refractivity contribution in [2.24, 2.45) is 0 Å². The van der Waals surface area contributed by atoms with Gasteiger partial charge in [-0.2, -0.15) is 0 Å². The van der Waals surface area contributed by atoms with Crippen LogP contribution in [0.4, 0.5) is 0 Å². The number of nitrogens with one attached hydrogen (secondary N) is 2. The van der Waals surface area contributed by atoms with Crippen LogP contribution in [0.5, 0.6) is 0 Å². The summed E-state index contributed by atoms with van der Waals surface area (Å²) in [4.78, 5) is 2.77. The molecule has 15 heavy (non-hydrogen) atoms. The van der Waals surface area contributed by atoms with Crippen LogP contribution < -0.4 is 10.6 Å². The molecule has 88 valence electrons. The molecule has 0 aromatic rings. The first-order valence-electron chi connectivity index (χ1n) is 6.15. The molecule has 3 saturated heterocycles.